The van der Waals surface area contributed by atoms with Crippen LogP contribution < -0.4 is 0 Å². The van der Waals surface area contributed by atoms with E-state index in [1.54, 1.807) is 20.8 Å². The lowest BCUT2D eigenvalue weighted by Crippen LogP contribution is -2.57. The SMILES string of the molecule is CCC1(O)CC(O[C@H]2C[C@H](N(C)C)[C@H](O[C@H]3C[C@H](O)[C@H](O)[C@H](C)O3)[C@H](C)O2)c2c(O)c3c(c(O)c2C1C(=O)OC)C(=O)c1cccc(O)c1C3=O. The van der Waals surface area contributed by atoms with Crippen LogP contribution >= 0.6 is 0 Å². The molecular weight excluding hydrogens is 670 g/mol. The van der Waals surface area contributed by atoms with Gasteiger partial charge in [-0.2, -0.15) is 0 Å². The first kappa shape index (κ1) is 37.1. The van der Waals surface area contributed by atoms with Gasteiger partial charge in [-0.3, -0.25) is 14.4 Å². The van der Waals surface area contributed by atoms with Crippen LogP contribution in [0.15, 0.2) is 18.2 Å². The maximum absolute atomic E-state index is 13.9. The third-order valence-electron chi connectivity index (χ3n) is 10.8. The molecule has 51 heavy (non-hydrogen) atoms. The Morgan fingerprint density at radius 1 is 0.922 bits per heavy atom. The molecule has 3 unspecified atom stereocenters. The van der Waals surface area contributed by atoms with E-state index < -0.39 is 107 Å². The Kier molecular flexibility index (Phi) is 9.97. The van der Waals surface area contributed by atoms with E-state index in [9.17, 15) is 45.0 Å². The number of ketones is 2. The van der Waals surface area contributed by atoms with Crippen LogP contribution in [0.1, 0.15) is 101 Å². The summed E-state index contributed by atoms with van der Waals surface area (Å²) >= 11 is 0. The van der Waals surface area contributed by atoms with Crippen molar-refractivity contribution in [2.75, 3.05) is 21.2 Å². The molecular formula is C36H45NO14. The van der Waals surface area contributed by atoms with Crippen LogP contribution in [0.3, 0.4) is 0 Å². The van der Waals surface area contributed by atoms with Gasteiger partial charge >= 0.3 is 5.97 Å². The summed E-state index contributed by atoms with van der Waals surface area (Å²) in [6, 6.07) is 3.51. The number of aliphatic hydroxyl groups is 3. The molecule has 278 valence electrons. The molecule has 0 radical (unpaired) electrons. The number of hydrogen-bond donors (Lipinski definition) is 6. The molecule has 15 nitrogen and oxygen atoms in total. The van der Waals surface area contributed by atoms with Crippen molar-refractivity contribution in [2.45, 2.75) is 113 Å². The van der Waals surface area contributed by atoms with Crippen molar-refractivity contribution in [3.05, 3.63) is 51.6 Å². The number of phenolic OH excluding ortho intramolecular Hbond substituents is 3. The standard InChI is InChI=1S/C36H45NO14/c1-7-36(46)13-20(50-21-11-17(37(4)5)34(15(3)49-21)51-22-12-19(39)29(40)14(2)48-22)24-25(28(36)35(45)47-6)33(44)26-27(32(24)43)31(42)23-16(30(26)41)9-8-10-18(23)38/h8-10,14-15,17,19-22,28-29,34,38-40,43-44,46H,7,11-13H2,1-6H3/t14-,15-,17-,19-,20?,21-,22-,28?,29+,34+,36?/m0/s1. The summed E-state index contributed by atoms with van der Waals surface area (Å²) in [7, 11) is 4.76. The Morgan fingerprint density at radius 2 is 1.55 bits per heavy atom. The summed E-state index contributed by atoms with van der Waals surface area (Å²) in [6.07, 6.45) is -7.23. The molecule has 2 aliphatic carbocycles. The third-order valence-corrected chi connectivity index (χ3v) is 10.8. The van der Waals surface area contributed by atoms with Crippen LogP contribution in [0, 0.1) is 0 Å². The number of esters is 1. The first-order chi connectivity index (χ1) is 24.0. The number of methoxy groups -OCH3 is 1. The van der Waals surface area contributed by atoms with Gasteiger partial charge in [0, 0.05) is 42.0 Å². The first-order valence-electron chi connectivity index (χ1n) is 17.0. The molecule has 2 heterocycles. The topological polar surface area (TPSA) is 222 Å². The van der Waals surface area contributed by atoms with E-state index in [2.05, 4.69) is 0 Å². The van der Waals surface area contributed by atoms with Crippen LogP contribution in [0.25, 0.3) is 0 Å². The van der Waals surface area contributed by atoms with Gasteiger partial charge in [-0.05, 0) is 40.4 Å². The third kappa shape index (κ3) is 6.08. The monoisotopic (exact) mass is 715 g/mol. The average Bonchev–Trinajstić information content (AvgIpc) is 3.07. The number of carbonyl (C=O) groups excluding carboxylic acids is 3. The lowest BCUT2D eigenvalue weighted by Gasteiger charge is -2.48. The zero-order valence-corrected chi connectivity index (χ0v) is 29.2. The van der Waals surface area contributed by atoms with Crippen LogP contribution in [0.2, 0.25) is 0 Å². The second-order valence-electron chi connectivity index (χ2n) is 14.1. The van der Waals surface area contributed by atoms with Crippen molar-refractivity contribution < 1.29 is 68.7 Å². The van der Waals surface area contributed by atoms with Gasteiger partial charge in [0.15, 0.2) is 18.4 Å². The fraction of sp³-hybridized carbons (Fsp3) is 0.583. The molecule has 2 aliphatic heterocycles. The number of fused-ring (bicyclic) bond motifs is 3. The second kappa shape index (κ2) is 13.7. The summed E-state index contributed by atoms with van der Waals surface area (Å²) in [4.78, 5) is 42.9. The van der Waals surface area contributed by atoms with Crippen molar-refractivity contribution in [2.24, 2.45) is 0 Å². The molecule has 0 saturated carbocycles. The normalized spacial score (nSPS) is 34.9. The van der Waals surface area contributed by atoms with E-state index in [0.717, 1.165) is 7.11 Å². The molecule has 2 saturated heterocycles. The highest BCUT2D eigenvalue weighted by atomic mass is 16.7. The van der Waals surface area contributed by atoms with Crippen molar-refractivity contribution in [1.82, 2.24) is 4.90 Å². The molecule has 11 atom stereocenters. The van der Waals surface area contributed by atoms with E-state index >= 15 is 0 Å². The highest BCUT2D eigenvalue weighted by Crippen LogP contribution is 2.57. The van der Waals surface area contributed by atoms with Gasteiger partial charge in [0.05, 0.1) is 53.8 Å². The van der Waals surface area contributed by atoms with Gasteiger partial charge in [0.1, 0.15) is 35.4 Å². The van der Waals surface area contributed by atoms with Crippen molar-refractivity contribution in [1.29, 1.82) is 0 Å². The van der Waals surface area contributed by atoms with Crippen molar-refractivity contribution in [3.63, 3.8) is 0 Å². The summed E-state index contributed by atoms with van der Waals surface area (Å²) in [5.41, 5.74) is -4.13. The summed E-state index contributed by atoms with van der Waals surface area (Å²) in [5, 5.41) is 66.7. The van der Waals surface area contributed by atoms with Crippen LogP contribution in [0.5, 0.6) is 17.2 Å². The summed E-state index contributed by atoms with van der Waals surface area (Å²) in [6.45, 7) is 5.01. The minimum absolute atomic E-state index is 0.0363. The molecule has 0 amide bonds. The molecule has 4 aliphatic rings. The Morgan fingerprint density at radius 3 is 2.18 bits per heavy atom. The van der Waals surface area contributed by atoms with Gasteiger partial charge in [0.2, 0.25) is 5.78 Å². The maximum atomic E-state index is 13.9. The van der Waals surface area contributed by atoms with Gasteiger partial charge in [-0.15, -0.1) is 0 Å². The molecule has 15 heteroatoms. The number of nitrogens with zero attached hydrogens (tertiary/aromatic N) is 1. The van der Waals surface area contributed by atoms with Crippen LogP contribution in [0.4, 0.5) is 0 Å². The fourth-order valence-electron chi connectivity index (χ4n) is 8.06. The summed E-state index contributed by atoms with van der Waals surface area (Å²) < 4.78 is 29.9. The highest BCUT2D eigenvalue weighted by Gasteiger charge is 2.55. The Hall–Kier alpha value is -3.67. The summed E-state index contributed by atoms with van der Waals surface area (Å²) in [5.74, 6) is -6.38. The second-order valence-corrected chi connectivity index (χ2v) is 14.1. The number of aliphatic hydroxyl groups excluding tert-OH is 2. The lowest BCUT2D eigenvalue weighted by atomic mass is 9.66. The Bertz CT molecular complexity index is 1720. The minimum atomic E-state index is -1.91. The number of carbonyl (C=O) groups is 3. The van der Waals surface area contributed by atoms with Gasteiger partial charge in [-0.1, -0.05) is 19.1 Å². The number of benzene rings is 2. The number of aromatic hydroxyl groups is 3. The smallest absolute Gasteiger partial charge is 0.316 e. The average molecular weight is 716 g/mol. The largest absolute Gasteiger partial charge is 0.507 e. The lowest BCUT2D eigenvalue weighted by molar-refractivity contribution is -0.310. The molecule has 2 aromatic rings. The number of hydrogen-bond acceptors (Lipinski definition) is 15. The molecule has 2 aromatic carbocycles. The van der Waals surface area contributed by atoms with Crippen molar-refractivity contribution in [3.8, 4) is 17.2 Å². The van der Waals surface area contributed by atoms with Crippen molar-refractivity contribution >= 4 is 17.5 Å². The predicted molar refractivity (Wildman–Crippen MR) is 175 cm³/mol. The fourth-order valence-corrected chi connectivity index (χ4v) is 8.06. The molecule has 0 aromatic heterocycles. The molecule has 0 bridgehead atoms. The van der Waals surface area contributed by atoms with E-state index in [0.29, 0.717) is 0 Å². The van der Waals surface area contributed by atoms with E-state index in [4.69, 9.17) is 23.7 Å². The first-order valence-corrected chi connectivity index (χ1v) is 17.0. The molecule has 0 spiro atoms. The Balaban J connectivity index is 1.40. The zero-order valence-electron chi connectivity index (χ0n) is 29.2. The van der Waals surface area contributed by atoms with Gasteiger partial charge < -0.3 is 59.2 Å². The quantitative estimate of drug-likeness (QED) is 0.152. The molecule has 6 N–H and O–H groups in total. The number of phenols is 3. The van der Waals surface area contributed by atoms with E-state index in [1.165, 1.54) is 18.2 Å². The van der Waals surface area contributed by atoms with Crippen LogP contribution in [-0.2, 0) is 28.5 Å². The number of likely N-dealkylation sites (N-methyl/N-ethyl adjacent to an activating group) is 1. The minimum Gasteiger partial charge on any atom is -0.507 e. The van der Waals surface area contributed by atoms with Gasteiger partial charge in [-0.25, -0.2) is 0 Å². The van der Waals surface area contributed by atoms with Crippen LogP contribution in [-0.4, -0.2) is 129 Å². The molecule has 2 fully saturated rings. The van der Waals surface area contributed by atoms with Gasteiger partial charge in [0.25, 0.3) is 0 Å². The van der Waals surface area contributed by atoms with E-state index in [-0.39, 0.29) is 54.0 Å². The predicted octanol–water partition coefficient (Wildman–Crippen LogP) is 1.74. The maximum Gasteiger partial charge on any atom is 0.316 e. The Labute approximate surface area is 294 Å². The highest BCUT2D eigenvalue weighted by molar-refractivity contribution is 6.31. The number of rotatable bonds is 7. The number of ether oxygens (including phenoxy) is 5. The zero-order chi connectivity index (χ0) is 37.3. The van der Waals surface area contributed by atoms with E-state index in [1.807, 2.05) is 19.0 Å². The molecule has 6 rings (SSSR count).